The highest BCUT2D eigenvalue weighted by molar-refractivity contribution is 5.84. The molecule has 0 bridgehead atoms. The first kappa shape index (κ1) is 19.4. The fourth-order valence-electron chi connectivity index (χ4n) is 2.51. The fraction of sp³-hybridized carbons (Fsp3) is 0.0909. The number of rotatable bonds is 3. The van der Waals surface area contributed by atoms with Gasteiger partial charge in [0.05, 0.1) is 5.56 Å². The van der Waals surface area contributed by atoms with Crippen LogP contribution in [0.4, 0.5) is 22.0 Å². The smallest absolute Gasteiger partial charge is 0.205 e. The molecule has 0 saturated carbocycles. The van der Waals surface area contributed by atoms with E-state index in [2.05, 4.69) is 11.8 Å². The van der Waals surface area contributed by atoms with E-state index < -0.39 is 40.4 Å². The topological polar surface area (TPSA) is 9.23 Å². The minimum absolute atomic E-state index is 0.0662. The lowest BCUT2D eigenvalue weighted by Crippen LogP contribution is -2.03. The van der Waals surface area contributed by atoms with Crippen LogP contribution < -0.4 is 4.74 Å². The Morgan fingerprint density at radius 1 is 0.857 bits per heavy atom. The van der Waals surface area contributed by atoms with Gasteiger partial charge in [-0.1, -0.05) is 36.1 Å². The first-order valence-corrected chi connectivity index (χ1v) is 8.23. The van der Waals surface area contributed by atoms with Crippen LogP contribution in [0, 0.1) is 40.9 Å². The molecular weight excluding hydrogens is 375 g/mol. The molecule has 0 heterocycles. The van der Waals surface area contributed by atoms with Crippen molar-refractivity contribution in [2.75, 3.05) is 6.61 Å². The molecule has 0 radical (unpaired) electrons. The summed E-state index contributed by atoms with van der Waals surface area (Å²) in [7, 11) is 0. The summed E-state index contributed by atoms with van der Waals surface area (Å²) in [5.41, 5.74) is -0.147. The van der Waals surface area contributed by atoms with Crippen LogP contribution >= 0.6 is 0 Å². The van der Waals surface area contributed by atoms with E-state index >= 15 is 0 Å². The van der Waals surface area contributed by atoms with Gasteiger partial charge in [0, 0.05) is 10.9 Å². The molecular formula is C22H13F5O. The maximum absolute atomic E-state index is 14.2. The predicted molar refractivity (Wildman–Crippen MR) is 96.5 cm³/mol. The normalized spacial score (nSPS) is 10.9. The molecule has 0 amide bonds. The third kappa shape index (κ3) is 3.84. The molecule has 28 heavy (non-hydrogen) atoms. The third-order valence-corrected chi connectivity index (χ3v) is 3.92. The lowest BCUT2D eigenvalue weighted by molar-refractivity contribution is 0.311. The number of fused-ring (bicyclic) bond motifs is 1. The second-order valence-corrected chi connectivity index (χ2v) is 5.79. The molecule has 0 saturated heterocycles. The molecule has 0 aromatic heterocycles. The van der Waals surface area contributed by atoms with Crippen LogP contribution in [0.5, 0.6) is 5.75 Å². The minimum atomic E-state index is -1.47. The van der Waals surface area contributed by atoms with Crippen molar-refractivity contribution in [2.45, 2.75) is 6.92 Å². The summed E-state index contributed by atoms with van der Waals surface area (Å²) in [6.45, 7) is 1.59. The van der Waals surface area contributed by atoms with Gasteiger partial charge in [0.2, 0.25) is 5.82 Å². The molecule has 3 aromatic carbocycles. The van der Waals surface area contributed by atoms with Gasteiger partial charge >= 0.3 is 0 Å². The Balaban J connectivity index is 1.96. The van der Waals surface area contributed by atoms with E-state index in [0.29, 0.717) is 10.9 Å². The van der Waals surface area contributed by atoms with Gasteiger partial charge in [0.15, 0.2) is 29.0 Å². The summed E-state index contributed by atoms with van der Waals surface area (Å²) < 4.78 is 74.1. The summed E-state index contributed by atoms with van der Waals surface area (Å²) in [5.74, 6) is -1.74. The standard InChI is InChI=1S/C22H13F5O/c1-2-3-10-28-22-18(24)12-15(19(25)21(22)27)6-4-13-5-8-16-14(11-13)7-9-17(23)20(16)26/h2-3,5,7-9,11-12H,10H2,1H3/b3-2+. The molecule has 0 aliphatic carbocycles. The van der Waals surface area contributed by atoms with E-state index in [1.807, 2.05) is 0 Å². The van der Waals surface area contributed by atoms with Gasteiger partial charge in [0.1, 0.15) is 6.61 Å². The van der Waals surface area contributed by atoms with Crippen LogP contribution in [0.1, 0.15) is 18.1 Å². The van der Waals surface area contributed by atoms with Gasteiger partial charge in [-0.3, -0.25) is 0 Å². The maximum atomic E-state index is 14.2. The zero-order chi connectivity index (χ0) is 20.3. The highest BCUT2D eigenvalue weighted by atomic mass is 19.2. The number of halogens is 5. The van der Waals surface area contributed by atoms with Crippen molar-refractivity contribution < 1.29 is 26.7 Å². The molecule has 6 heteroatoms. The van der Waals surface area contributed by atoms with E-state index in [1.165, 1.54) is 30.3 Å². The van der Waals surface area contributed by atoms with Crippen LogP contribution in [-0.4, -0.2) is 6.61 Å². The van der Waals surface area contributed by atoms with Crippen LogP contribution in [0.2, 0.25) is 0 Å². The molecule has 0 spiro atoms. The summed E-state index contributed by atoms with van der Waals surface area (Å²) in [4.78, 5) is 0. The van der Waals surface area contributed by atoms with Gasteiger partial charge in [0.25, 0.3) is 0 Å². The maximum Gasteiger partial charge on any atom is 0.205 e. The van der Waals surface area contributed by atoms with E-state index in [-0.39, 0.29) is 12.0 Å². The molecule has 0 N–H and O–H groups in total. The molecule has 0 aliphatic rings. The van der Waals surface area contributed by atoms with E-state index in [4.69, 9.17) is 4.74 Å². The summed E-state index contributed by atoms with van der Waals surface area (Å²) in [6, 6.07) is 7.28. The Bertz CT molecular complexity index is 1140. The molecule has 3 aromatic rings. The molecule has 1 nitrogen and oxygen atoms in total. The summed E-state index contributed by atoms with van der Waals surface area (Å²) in [6.07, 6.45) is 3.13. The highest BCUT2D eigenvalue weighted by Gasteiger charge is 2.19. The molecule has 142 valence electrons. The van der Waals surface area contributed by atoms with Crippen molar-refractivity contribution in [3.63, 3.8) is 0 Å². The van der Waals surface area contributed by atoms with Crippen molar-refractivity contribution in [3.05, 3.63) is 88.8 Å². The van der Waals surface area contributed by atoms with Crippen molar-refractivity contribution in [1.82, 2.24) is 0 Å². The van der Waals surface area contributed by atoms with Gasteiger partial charge in [-0.2, -0.15) is 4.39 Å². The minimum Gasteiger partial charge on any atom is -0.483 e. The second kappa shape index (κ2) is 8.13. The molecule has 0 unspecified atom stereocenters. The molecule has 0 fully saturated rings. The monoisotopic (exact) mass is 388 g/mol. The number of allylic oxidation sites excluding steroid dienone is 1. The Labute approximate surface area is 158 Å². The highest BCUT2D eigenvalue weighted by Crippen LogP contribution is 2.27. The average molecular weight is 388 g/mol. The third-order valence-electron chi connectivity index (χ3n) is 3.92. The molecule has 3 rings (SSSR count). The van der Waals surface area contributed by atoms with Crippen LogP contribution in [-0.2, 0) is 0 Å². The summed E-state index contributed by atoms with van der Waals surface area (Å²) in [5, 5.41) is 0.452. The number of ether oxygens (including phenoxy) is 1. The first-order valence-electron chi connectivity index (χ1n) is 8.23. The Kier molecular flexibility index (Phi) is 5.65. The summed E-state index contributed by atoms with van der Waals surface area (Å²) >= 11 is 0. The van der Waals surface area contributed by atoms with Crippen LogP contribution in [0.15, 0.2) is 48.6 Å². The number of benzene rings is 3. The zero-order valence-electron chi connectivity index (χ0n) is 14.6. The van der Waals surface area contributed by atoms with Crippen molar-refractivity contribution in [2.24, 2.45) is 0 Å². The van der Waals surface area contributed by atoms with E-state index in [9.17, 15) is 22.0 Å². The van der Waals surface area contributed by atoms with Crippen LogP contribution in [0.3, 0.4) is 0 Å². The fourth-order valence-corrected chi connectivity index (χ4v) is 2.51. The quantitative estimate of drug-likeness (QED) is 0.235. The lowest BCUT2D eigenvalue weighted by Gasteiger charge is -2.08. The van der Waals surface area contributed by atoms with Gasteiger partial charge in [-0.05, 0) is 36.6 Å². The SMILES string of the molecule is C/C=C/COc1c(F)cc(C#Cc2ccc3c(F)c(F)ccc3c2)c(F)c1F. The number of hydrogen-bond donors (Lipinski definition) is 0. The Morgan fingerprint density at radius 3 is 2.39 bits per heavy atom. The first-order chi connectivity index (χ1) is 13.4. The van der Waals surface area contributed by atoms with E-state index in [0.717, 1.165) is 12.1 Å². The van der Waals surface area contributed by atoms with Crippen molar-refractivity contribution >= 4 is 10.8 Å². The van der Waals surface area contributed by atoms with Gasteiger partial charge in [-0.25, -0.2) is 17.6 Å². The Morgan fingerprint density at radius 2 is 1.64 bits per heavy atom. The number of hydrogen-bond acceptors (Lipinski definition) is 1. The lowest BCUT2D eigenvalue weighted by atomic mass is 10.1. The van der Waals surface area contributed by atoms with Crippen molar-refractivity contribution in [1.29, 1.82) is 0 Å². The predicted octanol–water partition coefficient (Wildman–Crippen LogP) is 5.89. The second-order valence-electron chi connectivity index (χ2n) is 5.79. The van der Waals surface area contributed by atoms with E-state index in [1.54, 1.807) is 13.0 Å². The zero-order valence-corrected chi connectivity index (χ0v) is 14.6. The van der Waals surface area contributed by atoms with Gasteiger partial charge < -0.3 is 4.74 Å². The molecule has 0 atom stereocenters. The Hall–Kier alpha value is -3.33. The van der Waals surface area contributed by atoms with Gasteiger partial charge in [-0.15, -0.1) is 0 Å². The van der Waals surface area contributed by atoms with Crippen molar-refractivity contribution in [3.8, 4) is 17.6 Å². The average Bonchev–Trinajstić information content (AvgIpc) is 2.69. The molecule has 0 aliphatic heterocycles. The van der Waals surface area contributed by atoms with Crippen LogP contribution in [0.25, 0.3) is 10.8 Å². The largest absolute Gasteiger partial charge is 0.483 e.